The Morgan fingerprint density at radius 3 is 1.68 bits per heavy atom. The second-order valence-corrected chi connectivity index (χ2v) is 7.10. The van der Waals surface area contributed by atoms with Crippen molar-refractivity contribution in [1.29, 1.82) is 0 Å². The summed E-state index contributed by atoms with van der Waals surface area (Å²) in [6, 6.07) is -1.35. The lowest BCUT2D eigenvalue weighted by Crippen LogP contribution is -2.65. The maximum absolute atomic E-state index is 11.2. The number of hydrogen-bond donors (Lipinski definition) is 0. The Labute approximate surface area is 120 Å². The zero-order valence-corrected chi connectivity index (χ0v) is 12.5. The third kappa shape index (κ3) is 2.72. The SMILES string of the molecule is CC(C)(N1CSC[C@H]1C(=O)[O-])N1CSC[C@H]1C(=O)[O-]. The summed E-state index contributed by atoms with van der Waals surface area (Å²) in [6.07, 6.45) is 0. The second-order valence-electron chi connectivity index (χ2n) is 5.10. The second kappa shape index (κ2) is 5.51. The van der Waals surface area contributed by atoms with E-state index in [1.165, 1.54) is 23.5 Å². The van der Waals surface area contributed by atoms with Gasteiger partial charge in [0.05, 0.1) is 29.7 Å². The zero-order valence-electron chi connectivity index (χ0n) is 10.8. The van der Waals surface area contributed by atoms with E-state index in [0.29, 0.717) is 23.3 Å². The minimum Gasteiger partial charge on any atom is -0.548 e. The number of hydrogen-bond acceptors (Lipinski definition) is 8. The standard InChI is InChI=1S/C11H18N2O4S2/c1-11(2,12-5-18-3-7(12)9(14)15)13-6-19-4-8(13)10(16)17/h7-8H,3-6H2,1-2H3,(H,14,15)(H,16,17)/p-2/t7-,8-/m0/s1. The van der Waals surface area contributed by atoms with Gasteiger partial charge in [0.1, 0.15) is 0 Å². The highest BCUT2D eigenvalue weighted by Crippen LogP contribution is 2.36. The summed E-state index contributed by atoms with van der Waals surface area (Å²) >= 11 is 3.04. The summed E-state index contributed by atoms with van der Waals surface area (Å²) in [7, 11) is 0. The van der Waals surface area contributed by atoms with Crippen LogP contribution in [-0.4, -0.2) is 62.7 Å². The van der Waals surface area contributed by atoms with Gasteiger partial charge >= 0.3 is 0 Å². The molecule has 0 N–H and O–H groups in total. The van der Waals surface area contributed by atoms with Gasteiger partial charge in [0.15, 0.2) is 0 Å². The largest absolute Gasteiger partial charge is 0.548 e. The molecule has 2 aliphatic rings. The van der Waals surface area contributed by atoms with Gasteiger partial charge in [-0.05, 0) is 13.8 Å². The van der Waals surface area contributed by atoms with Gasteiger partial charge in [-0.2, -0.15) is 0 Å². The molecule has 2 rings (SSSR count). The topological polar surface area (TPSA) is 86.7 Å². The molecule has 0 saturated carbocycles. The Hall–Kier alpha value is -0.440. The monoisotopic (exact) mass is 304 g/mol. The van der Waals surface area contributed by atoms with Gasteiger partial charge in [-0.15, -0.1) is 23.5 Å². The number of thioether (sulfide) groups is 2. The van der Waals surface area contributed by atoms with Crippen LogP contribution in [0, 0.1) is 0 Å². The van der Waals surface area contributed by atoms with Crippen molar-refractivity contribution in [2.45, 2.75) is 31.6 Å². The van der Waals surface area contributed by atoms with E-state index in [1.807, 2.05) is 13.8 Å². The van der Waals surface area contributed by atoms with E-state index in [0.717, 1.165) is 0 Å². The molecule has 0 amide bonds. The van der Waals surface area contributed by atoms with Crippen LogP contribution >= 0.6 is 23.5 Å². The maximum Gasteiger partial charge on any atom is 0.0705 e. The van der Waals surface area contributed by atoms with Crippen LogP contribution in [0.1, 0.15) is 13.8 Å². The average Bonchev–Trinajstić information content (AvgIpc) is 2.98. The summed E-state index contributed by atoms with van der Waals surface area (Å²) < 4.78 is 0. The molecule has 2 fully saturated rings. The first kappa shape index (κ1) is 15.0. The Morgan fingerprint density at radius 1 is 1.00 bits per heavy atom. The number of carbonyl (C=O) groups excluding carboxylic acids is 2. The van der Waals surface area contributed by atoms with Gasteiger partial charge in [0.25, 0.3) is 0 Å². The van der Waals surface area contributed by atoms with Gasteiger partial charge < -0.3 is 19.8 Å². The minimum atomic E-state index is -1.10. The maximum atomic E-state index is 11.2. The third-order valence-corrected chi connectivity index (χ3v) is 5.74. The molecule has 0 aliphatic carbocycles. The van der Waals surface area contributed by atoms with Crippen molar-refractivity contribution in [2.24, 2.45) is 0 Å². The number of carbonyl (C=O) groups is 2. The van der Waals surface area contributed by atoms with Crippen LogP contribution in [0.4, 0.5) is 0 Å². The first-order valence-electron chi connectivity index (χ1n) is 5.96. The van der Waals surface area contributed by atoms with Crippen LogP contribution in [0.3, 0.4) is 0 Å². The number of rotatable bonds is 4. The smallest absolute Gasteiger partial charge is 0.0705 e. The molecule has 8 heteroatoms. The molecule has 6 nitrogen and oxygen atoms in total. The average molecular weight is 304 g/mol. The van der Waals surface area contributed by atoms with Crippen molar-refractivity contribution < 1.29 is 19.8 Å². The number of carboxylic acid groups (broad SMARTS) is 2. The fraction of sp³-hybridized carbons (Fsp3) is 0.818. The van der Waals surface area contributed by atoms with E-state index in [4.69, 9.17) is 0 Å². The molecule has 0 aromatic heterocycles. The summed E-state index contributed by atoms with van der Waals surface area (Å²) in [5, 5.41) is 22.3. The van der Waals surface area contributed by atoms with E-state index in [9.17, 15) is 19.8 Å². The van der Waals surface area contributed by atoms with Crippen molar-refractivity contribution in [3.05, 3.63) is 0 Å². The van der Waals surface area contributed by atoms with Gasteiger partial charge in [-0.25, -0.2) is 0 Å². The van der Waals surface area contributed by atoms with Crippen molar-refractivity contribution in [2.75, 3.05) is 23.3 Å². The summed E-state index contributed by atoms with van der Waals surface area (Å²) in [5.74, 6) is -0.130. The summed E-state index contributed by atoms with van der Waals surface area (Å²) in [4.78, 5) is 25.9. The summed E-state index contributed by atoms with van der Waals surface area (Å²) in [6.45, 7) is 3.72. The van der Waals surface area contributed by atoms with Crippen molar-refractivity contribution in [1.82, 2.24) is 9.80 Å². The highest BCUT2D eigenvalue weighted by atomic mass is 32.2. The number of carboxylic acids is 2. The van der Waals surface area contributed by atoms with Crippen LogP contribution in [0.15, 0.2) is 0 Å². The molecule has 2 aliphatic heterocycles. The Morgan fingerprint density at radius 2 is 1.37 bits per heavy atom. The Kier molecular flexibility index (Phi) is 4.34. The number of nitrogens with zero attached hydrogens (tertiary/aromatic N) is 2. The molecule has 2 atom stereocenters. The molecule has 0 aromatic carbocycles. The van der Waals surface area contributed by atoms with Crippen molar-refractivity contribution in [3.63, 3.8) is 0 Å². The van der Waals surface area contributed by atoms with Gasteiger partial charge in [-0.1, -0.05) is 0 Å². The minimum absolute atomic E-state index is 0.475. The predicted octanol–water partition coefficient (Wildman–Crippen LogP) is -2.03. The van der Waals surface area contributed by atoms with E-state index >= 15 is 0 Å². The van der Waals surface area contributed by atoms with Gasteiger partial charge in [-0.3, -0.25) is 9.80 Å². The van der Waals surface area contributed by atoms with Crippen molar-refractivity contribution in [3.8, 4) is 0 Å². The molecule has 2 heterocycles. The van der Waals surface area contributed by atoms with E-state index < -0.39 is 29.7 Å². The molecule has 0 aromatic rings. The highest BCUT2D eigenvalue weighted by Gasteiger charge is 2.45. The zero-order chi connectivity index (χ0) is 14.2. The van der Waals surface area contributed by atoms with Gasteiger partial charge in [0.2, 0.25) is 0 Å². The fourth-order valence-electron chi connectivity index (χ4n) is 2.52. The molecule has 0 bridgehead atoms. The Bertz CT molecular complexity index is 357. The van der Waals surface area contributed by atoms with Crippen LogP contribution in [-0.2, 0) is 9.59 Å². The third-order valence-electron chi connectivity index (χ3n) is 3.71. The lowest BCUT2D eigenvalue weighted by Gasteiger charge is -2.47. The molecular weight excluding hydrogens is 288 g/mol. The molecular formula is C11H16N2O4S2-2. The fourth-order valence-corrected chi connectivity index (χ4v) is 5.19. The van der Waals surface area contributed by atoms with E-state index in [2.05, 4.69) is 0 Å². The first-order chi connectivity index (χ1) is 8.85. The van der Waals surface area contributed by atoms with E-state index in [1.54, 1.807) is 9.80 Å². The quantitative estimate of drug-likeness (QED) is 0.588. The Balaban J connectivity index is 2.21. The lowest BCUT2D eigenvalue weighted by atomic mass is 10.1. The first-order valence-corrected chi connectivity index (χ1v) is 8.27. The number of aliphatic carboxylic acids is 2. The van der Waals surface area contributed by atoms with Gasteiger partial charge in [0, 0.05) is 23.3 Å². The summed E-state index contributed by atoms with van der Waals surface area (Å²) in [5.41, 5.74) is -0.650. The molecule has 0 spiro atoms. The van der Waals surface area contributed by atoms with Crippen LogP contribution in [0.2, 0.25) is 0 Å². The van der Waals surface area contributed by atoms with Crippen molar-refractivity contribution >= 4 is 35.5 Å². The molecule has 0 unspecified atom stereocenters. The van der Waals surface area contributed by atoms with Crippen LogP contribution in [0.5, 0.6) is 0 Å². The molecule has 0 radical (unpaired) electrons. The van der Waals surface area contributed by atoms with Crippen LogP contribution in [0.25, 0.3) is 0 Å². The van der Waals surface area contributed by atoms with E-state index in [-0.39, 0.29) is 0 Å². The molecule has 2 saturated heterocycles. The van der Waals surface area contributed by atoms with Crippen LogP contribution < -0.4 is 10.2 Å². The highest BCUT2D eigenvalue weighted by molar-refractivity contribution is 7.99. The lowest BCUT2D eigenvalue weighted by molar-refractivity contribution is -0.315. The normalized spacial score (nSPS) is 29.8. The molecule has 19 heavy (non-hydrogen) atoms. The predicted molar refractivity (Wildman–Crippen MR) is 70.0 cm³/mol. The molecule has 108 valence electrons.